The number of thiazole rings is 1. The molecule has 126 valence electrons. The van der Waals surface area contributed by atoms with E-state index >= 15 is 0 Å². The first-order valence-electron chi connectivity index (χ1n) is 7.50. The maximum absolute atomic E-state index is 14.4. The molecule has 1 amide bonds. The molecule has 0 atom stereocenters. The summed E-state index contributed by atoms with van der Waals surface area (Å²) in [6.45, 7) is 0.300. The van der Waals surface area contributed by atoms with Crippen molar-refractivity contribution in [3.63, 3.8) is 0 Å². The number of thiophene rings is 1. The minimum atomic E-state index is -0.648. The zero-order chi connectivity index (χ0) is 17.4. The molecular formula is C17H13FN4OS2. The Kier molecular flexibility index (Phi) is 4.06. The fourth-order valence-electron chi connectivity index (χ4n) is 2.49. The van der Waals surface area contributed by atoms with Gasteiger partial charge in [-0.1, -0.05) is 12.1 Å². The summed E-state index contributed by atoms with van der Waals surface area (Å²) in [5.41, 5.74) is 1.00. The van der Waals surface area contributed by atoms with Crippen molar-refractivity contribution in [2.45, 2.75) is 6.54 Å². The molecule has 0 radical (unpaired) electrons. The standard InChI is InChI=1S/C17H13FN4OS2/c1-21(9-11-10-25-16(19-11)12-5-4-8-24-12)17(23)14-15(18)22-7-3-2-6-13(22)20-14/h2-8,10H,9H2,1H3. The normalized spacial score (nSPS) is 11.1. The smallest absolute Gasteiger partial charge is 0.277 e. The lowest BCUT2D eigenvalue weighted by molar-refractivity contribution is 0.0773. The molecular weight excluding hydrogens is 359 g/mol. The third kappa shape index (κ3) is 2.94. The molecule has 0 saturated heterocycles. The highest BCUT2D eigenvalue weighted by molar-refractivity contribution is 7.20. The monoisotopic (exact) mass is 372 g/mol. The summed E-state index contributed by atoms with van der Waals surface area (Å²) in [5.74, 6) is -1.11. The fraction of sp³-hybridized carbons (Fsp3) is 0.118. The number of aromatic nitrogens is 3. The summed E-state index contributed by atoms with van der Waals surface area (Å²) in [7, 11) is 1.62. The van der Waals surface area contributed by atoms with Crippen molar-refractivity contribution in [2.75, 3.05) is 7.05 Å². The molecule has 0 aliphatic rings. The predicted molar refractivity (Wildman–Crippen MR) is 96.4 cm³/mol. The number of amides is 1. The van der Waals surface area contributed by atoms with Gasteiger partial charge in [0.25, 0.3) is 5.91 Å². The minimum Gasteiger partial charge on any atom is -0.334 e. The Hall–Kier alpha value is -2.58. The number of carbonyl (C=O) groups is 1. The second kappa shape index (κ2) is 6.38. The summed E-state index contributed by atoms with van der Waals surface area (Å²) in [4.78, 5) is 23.7. The van der Waals surface area contributed by atoms with E-state index in [1.54, 1.807) is 42.8 Å². The van der Waals surface area contributed by atoms with E-state index in [4.69, 9.17) is 0 Å². The Bertz CT molecular complexity index is 1040. The van der Waals surface area contributed by atoms with Crippen molar-refractivity contribution in [1.29, 1.82) is 0 Å². The number of halogens is 1. The van der Waals surface area contributed by atoms with E-state index < -0.39 is 11.9 Å². The molecule has 0 N–H and O–H groups in total. The molecule has 4 aromatic rings. The average molecular weight is 372 g/mol. The molecule has 0 fully saturated rings. The van der Waals surface area contributed by atoms with Crippen LogP contribution in [0.3, 0.4) is 0 Å². The largest absolute Gasteiger partial charge is 0.334 e. The first kappa shape index (κ1) is 15.9. The summed E-state index contributed by atoms with van der Waals surface area (Å²) in [5, 5.41) is 4.83. The highest BCUT2D eigenvalue weighted by Gasteiger charge is 2.22. The zero-order valence-electron chi connectivity index (χ0n) is 13.2. The van der Waals surface area contributed by atoms with Crippen LogP contribution in [0.25, 0.3) is 15.5 Å². The maximum Gasteiger partial charge on any atom is 0.277 e. The first-order chi connectivity index (χ1) is 12.1. The van der Waals surface area contributed by atoms with Crippen LogP contribution in [-0.4, -0.2) is 32.2 Å². The third-order valence-corrected chi connectivity index (χ3v) is 5.63. The number of carbonyl (C=O) groups excluding carboxylic acids is 1. The molecule has 0 aliphatic carbocycles. The van der Waals surface area contributed by atoms with Crippen LogP contribution in [-0.2, 0) is 6.54 Å². The number of rotatable bonds is 4. The van der Waals surface area contributed by atoms with Crippen molar-refractivity contribution in [2.24, 2.45) is 0 Å². The number of nitrogens with zero attached hydrogens (tertiary/aromatic N) is 4. The van der Waals surface area contributed by atoms with Gasteiger partial charge in [0, 0.05) is 18.6 Å². The highest BCUT2D eigenvalue weighted by Crippen LogP contribution is 2.28. The van der Waals surface area contributed by atoms with Gasteiger partial charge >= 0.3 is 0 Å². The molecule has 0 unspecified atom stereocenters. The van der Waals surface area contributed by atoms with Gasteiger partial charge in [-0.2, -0.15) is 4.39 Å². The fourth-order valence-corrected chi connectivity index (χ4v) is 4.12. The summed E-state index contributed by atoms with van der Waals surface area (Å²) in [6, 6.07) is 9.09. The minimum absolute atomic E-state index is 0.178. The van der Waals surface area contributed by atoms with Crippen LogP contribution in [0.1, 0.15) is 16.2 Å². The van der Waals surface area contributed by atoms with Crippen LogP contribution in [0.15, 0.2) is 47.3 Å². The van der Waals surface area contributed by atoms with Gasteiger partial charge in [0.15, 0.2) is 5.69 Å². The van der Waals surface area contributed by atoms with Gasteiger partial charge in [-0.25, -0.2) is 9.97 Å². The van der Waals surface area contributed by atoms with Gasteiger partial charge in [0.2, 0.25) is 5.95 Å². The topological polar surface area (TPSA) is 50.5 Å². The highest BCUT2D eigenvalue weighted by atomic mass is 32.1. The molecule has 0 spiro atoms. The van der Waals surface area contributed by atoms with Crippen LogP contribution in [0.4, 0.5) is 4.39 Å². The molecule has 4 heterocycles. The van der Waals surface area contributed by atoms with E-state index in [-0.39, 0.29) is 5.69 Å². The van der Waals surface area contributed by atoms with Gasteiger partial charge in [0.1, 0.15) is 10.7 Å². The number of hydrogen-bond donors (Lipinski definition) is 0. The molecule has 8 heteroatoms. The molecule has 0 aromatic carbocycles. The number of fused-ring (bicyclic) bond motifs is 1. The molecule has 5 nitrogen and oxygen atoms in total. The molecule has 4 rings (SSSR count). The molecule has 0 bridgehead atoms. The summed E-state index contributed by atoms with van der Waals surface area (Å²) >= 11 is 3.15. The van der Waals surface area contributed by atoms with Crippen molar-refractivity contribution in [1.82, 2.24) is 19.3 Å². The van der Waals surface area contributed by atoms with Gasteiger partial charge in [-0.3, -0.25) is 9.20 Å². The maximum atomic E-state index is 14.4. The third-order valence-electron chi connectivity index (χ3n) is 3.70. The van der Waals surface area contributed by atoms with E-state index in [2.05, 4.69) is 9.97 Å². The number of imidazole rings is 1. The van der Waals surface area contributed by atoms with Gasteiger partial charge in [-0.05, 0) is 23.6 Å². The quantitative estimate of drug-likeness (QED) is 0.545. The van der Waals surface area contributed by atoms with Crippen LogP contribution in [0.5, 0.6) is 0 Å². The number of hydrogen-bond acceptors (Lipinski definition) is 5. The molecule has 0 aliphatic heterocycles. The average Bonchev–Trinajstić information content (AvgIpc) is 3.34. The second-order valence-electron chi connectivity index (χ2n) is 5.46. The lowest BCUT2D eigenvalue weighted by atomic mass is 10.3. The lowest BCUT2D eigenvalue weighted by Gasteiger charge is -2.14. The van der Waals surface area contributed by atoms with Crippen molar-refractivity contribution < 1.29 is 9.18 Å². The van der Waals surface area contributed by atoms with Gasteiger partial charge < -0.3 is 4.90 Å². The Morgan fingerprint density at radius 1 is 1.24 bits per heavy atom. The zero-order valence-corrected chi connectivity index (χ0v) is 14.9. The first-order valence-corrected chi connectivity index (χ1v) is 9.26. The van der Waals surface area contributed by atoms with Crippen LogP contribution in [0.2, 0.25) is 0 Å². The second-order valence-corrected chi connectivity index (χ2v) is 7.27. The molecule has 4 aromatic heterocycles. The Morgan fingerprint density at radius 2 is 2.12 bits per heavy atom. The molecule has 25 heavy (non-hydrogen) atoms. The van der Waals surface area contributed by atoms with Crippen LogP contribution in [0, 0.1) is 5.95 Å². The van der Waals surface area contributed by atoms with E-state index in [9.17, 15) is 9.18 Å². The molecule has 0 saturated carbocycles. The van der Waals surface area contributed by atoms with Gasteiger partial charge in [0.05, 0.1) is 17.1 Å². The predicted octanol–water partition coefficient (Wildman–Crippen LogP) is 3.93. The van der Waals surface area contributed by atoms with Crippen molar-refractivity contribution in [3.05, 3.63) is 64.6 Å². The van der Waals surface area contributed by atoms with E-state index in [0.717, 1.165) is 15.6 Å². The summed E-state index contributed by atoms with van der Waals surface area (Å²) < 4.78 is 15.7. The van der Waals surface area contributed by atoms with Crippen molar-refractivity contribution in [3.8, 4) is 9.88 Å². The van der Waals surface area contributed by atoms with E-state index in [1.807, 2.05) is 22.9 Å². The lowest BCUT2D eigenvalue weighted by Crippen LogP contribution is -2.27. The van der Waals surface area contributed by atoms with E-state index in [0.29, 0.717) is 12.2 Å². The van der Waals surface area contributed by atoms with Crippen LogP contribution >= 0.6 is 22.7 Å². The Labute approximate surface area is 151 Å². The SMILES string of the molecule is CN(Cc1csc(-c2cccs2)n1)C(=O)c1nc2ccccn2c1F. The van der Waals surface area contributed by atoms with Gasteiger partial charge in [-0.15, -0.1) is 22.7 Å². The Morgan fingerprint density at radius 3 is 2.88 bits per heavy atom. The van der Waals surface area contributed by atoms with Crippen LogP contribution < -0.4 is 0 Å². The van der Waals surface area contributed by atoms with Crippen molar-refractivity contribution >= 4 is 34.2 Å². The number of pyridine rings is 1. The summed E-state index contributed by atoms with van der Waals surface area (Å²) in [6.07, 6.45) is 1.54. The van der Waals surface area contributed by atoms with E-state index in [1.165, 1.54) is 20.6 Å². The Balaban J connectivity index is 1.55.